The van der Waals surface area contributed by atoms with Crippen LogP contribution in [0, 0.1) is 20.8 Å². The monoisotopic (exact) mass is 488 g/mol. The van der Waals surface area contributed by atoms with E-state index in [2.05, 4.69) is 9.71 Å². The molecule has 4 rings (SSSR count). The zero-order valence-corrected chi connectivity index (χ0v) is 20.8. The van der Waals surface area contributed by atoms with Crippen molar-refractivity contribution >= 4 is 27.3 Å². The molecule has 1 aliphatic heterocycles. The lowest BCUT2D eigenvalue weighted by Crippen LogP contribution is -2.40. The summed E-state index contributed by atoms with van der Waals surface area (Å²) in [6, 6.07) is 7.58. The lowest BCUT2D eigenvalue weighted by Gasteiger charge is -2.26. The van der Waals surface area contributed by atoms with Crippen molar-refractivity contribution in [3.63, 3.8) is 0 Å². The second kappa shape index (κ2) is 9.38. The van der Waals surface area contributed by atoms with Crippen molar-refractivity contribution in [3.8, 4) is 10.7 Å². The summed E-state index contributed by atoms with van der Waals surface area (Å²) in [6.07, 6.45) is 1.57. The van der Waals surface area contributed by atoms with Crippen LogP contribution in [-0.4, -0.2) is 55.1 Å². The van der Waals surface area contributed by atoms with Crippen LogP contribution >= 0.6 is 11.3 Å². The molecule has 176 valence electrons. The highest BCUT2D eigenvalue weighted by Crippen LogP contribution is 2.31. The van der Waals surface area contributed by atoms with E-state index in [9.17, 15) is 13.2 Å². The molecule has 1 amide bonds. The number of carbonyl (C=O) groups excluding carboxylic acids is 1. The number of morpholine rings is 1. The van der Waals surface area contributed by atoms with E-state index in [1.54, 1.807) is 35.7 Å². The highest BCUT2D eigenvalue weighted by Gasteiger charge is 2.25. The molecule has 0 bridgehead atoms. The van der Waals surface area contributed by atoms with Gasteiger partial charge in [-0.05, 0) is 38.0 Å². The Hall–Kier alpha value is -2.53. The molecule has 0 atom stereocenters. The molecule has 8 nitrogen and oxygen atoms in total. The molecule has 3 heterocycles. The van der Waals surface area contributed by atoms with Crippen molar-refractivity contribution < 1.29 is 17.9 Å². The van der Waals surface area contributed by atoms with Gasteiger partial charge in [0.2, 0.25) is 10.0 Å². The van der Waals surface area contributed by atoms with Crippen LogP contribution in [0.4, 0.5) is 0 Å². The fraction of sp³-hybridized carbons (Fsp3) is 0.391. The molecule has 1 fully saturated rings. The summed E-state index contributed by atoms with van der Waals surface area (Å²) in [5, 5.41) is 0.614. The van der Waals surface area contributed by atoms with Gasteiger partial charge in [0.15, 0.2) is 0 Å². The van der Waals surface area contributed by atoms with Gasteiger partial charge in [0.25, 0.3) is 5.91 Å². The van der Waals surface area contributed by atoms with E-state index in [1.165, 1.54) is 11.3 Å². The van der Waals surface area contributed by atoms with Crippen LogP contribution in [0.15, 0.2) is 35.4 Å². The highest BCUT2D eigenvalue weighted by molar-refractivity contribution is 7.89. The Morgan fingerprint density at radius 3 is 2.64 bits per heavy atom. The molecule has 0 aliphatic carbocycles. The van der Waals surface area contributed by atoms with Crippen molar-refractivity contribution in [2.45, 2.75) is 32.2 Å². The second-order valence-corrected chi connectivity index (χ2v) is 11.0. The lowest BCUT2D eigenvalue weighted by atomic mass is 10.1. The van der Waals surface area contributed by atoms with Gasteiger partial charge in [0, 0.05) is 32.9 Å². The summed E-state index contributed by atoms with van der Waals surface area (Å²) in [7, 11) is -1.94. The van der Waals surface area contributed by atoms with Gasteiger partial charge >= 0.3 is 0 Å². The van der Waals surface area contributed by atoms with Crippen LogP contribution in [0.1, 0.15) is 32.1 Å². The first kappa shape index (κ1) is 23.6. The minimum atomic E-state index is -3.72. The molecule has 1 N–H and O–H groups in total. The number of nitrogens with zero attached hydrogens (tertiary/aromatic N) is 3. The maximum atomic E-state index is 13.0. The van der Waals surface area contributed by atoms with Gasteiger partial charge < -0.3 is 14.2 Å². The summed E-state index contributed by atoms with van der Waals surface area (Å²) >= 11 is 1.29. The number of thiazole rings is 1. The molecule has 0 unspecified atom stereocenters. The molecular formula is C23H28N4O4S2. The Morgan fingerprint density at radius 1 is 1.18 bits per heavy atom. The van der Waals surface area contributed by atoms with E-state index in [0.717, 1.165) is 16.7 Å². The zero-order valence-electron chi connectivity index (χ0n) is 19.2. The number of rotatable bonds is 6. The summed E-state index contributed by atoms with van der Waals surface area (Å²) in [6.45, 7) is 8.15. The van der Waals surface area contributed by atoms with E-state index in [1.807, 2.05) is 32.0 Å². The first-order valence-corrected chi connectivity index (χ1v) is 13.0. The third-order valence-corrected chi connectivity index (χ3v) is 8.29. The Kier molecular flexibility index (Phi) is 6.71. The van der Waals surface area contributed by atoms with Crippen molar-refractivity contribution in [1.82, 2.24) is 19.2 Å². The smallest absolute Gasteiger partial charge is 0.266 e. The Balaban J connectivity index is 1.55. The average Bonchev–Trinajstić information content (AvgIpc) is 3.37. The molecular weight excluding hydrogens is 460 g/mol. The second-order valence-electron chi connectivity index (χ2n) is 8.26. The number of hydrogen-bond acceptors (Lipinski definition) is 6. The molecule has 1 saturated heterocycles. The number of aryl methyl sites for hydroxylation is 4. The zero-order chi connectivity index (χ0) is 23.8. The molecule has 0 saturated carbocycles. The van der Waals surface area contributed by atoms with Gasteiger partial charge in [-0.15, -0.1) is 11.3 Å². The van der Waals surface area contributed by atoms with Crippen LogP contribution in [0.3, 0.4) is 0 Å². The number of amides is 1. The minimum Gasteiger partial charge on any atom is -0.378 e. The summed E-state index contributed by atoms with van der Waals surface area (Å²) in [4.78, 5) is 20.0. The van der Waals surface area contributed by atoms with E-state index < -0.39 is 10.0 Å². The number of ether oxygens (including phenoxy) is 1. The van der Waals surface area contributed by atoms with Crippen LogP contribution in [0.5, 0.6) is 0 Å². The molecule has 2 aromatic heterocycles. The van der Waals surface area contributed by atoms with Crippen LogP contribution in [-0.2, 0) is 28.4 Å². The Morgan fingerprint density at radius 2 is 1.91 bits per heavy atom. The third-order valence-electron chi connectivity index (χ3n) is 5.76. The number of benzene rings is 1. The third kappa shape index (κ3) is 5.03. The fourth-order valence-corrected chi connectivity index (χ4v) is 5.92. The topological polar surface area (TPSA) is 93.5 Å². The SMILES string of the molecule is Cc1ccc(C)c(CNS(=O)(=O)c2cc(-c3nc(C)c(C(=O)N4CCOCC4)s3)n(C)c2)c1. The molecule has 10 heteroatoms. The Bertz CT molecular complexity index is 1290. The van der Waals surface area contributed by atoms with Crippen LogP contribution < -0.4 is 4.72 Å². The van der Waals surface area contributed by atoms with Gasteiger partial charge in [-0.1, -0.05) is 23.8 Å². The lowest BCUT2D eigenvalue weighted by molar-refractivity contribution is 0.0305. The largest absolute Gasteiger partial charge is 0.378 e. The van der Waals surface area contributed by atoms with Crippen molar-refractivity contribution in [2.75, 3.05) is 26.3 Å². The number of aromatic nitrogens is 2. The molecule has 33 heavy (non-hydrogen) atoms. The first-order chi connectivity index (χ1) is 15.7. The average molecular weight is 489 g/mol. The maximum Gasteiger partial charge on any atom is 0.266 e. The fourth-order valence-electron chi connectivity index (χ4n) is 3.76. The normalized spacial score (nSPS) is 14.6. The molecule has 1 aliphatic rings. The number of carbonyl (C=O) groups is 1. The van der Waals surface area contributed by atoms with Crippen molar-refractivity contribution in [1.29, 1.82) is 0 Å². The van der Waals surface area contributed by atoms with Crippen LogP contribution in [0.25, 0.3) is 10.7 Å². The predicted octanol–water partition coefficient (Wildman–Crippen LogP) is 3.02. The van der Waals surface area contributed by atoms with Gasteiger partial charge in [-0.3, -0.25) is 4.79 Å². The molecule has 0 radical (unpaired) electrons. The summed E-state index contributed by atoms with van der Waals surface area (Å²) in [5.41, 5.74) is 4.35. The maximum absolute atomic E-state index is 13.0. The van der Waals surface area contributed by atoms with E-state index in [0.29, 0.717) is 47.6 Å². The van der Waals surface area contributed by atoms with Crippen molar-refractivity contribution in [2.24, 2.45) is 7.05 Å². The van der Waals surface area contributed by atoms with Gasteiger partial charge in [0.1, 0.15) is 14.8 Å². The van der Waals surface area contributed by atoms with E-state index in [-0.39, 0.29) is 17.3 Å². The first-order valence-electron chi connectivity index (χ1n) is 10.7. The van der Waals surface area contributed by atoms with Crippen molar-refractivity contribution in [3.05, 3.63) is 57.7 Å². The van der Waals surface area contributed by atoms with Gasteiger partial charge in [-0.2, -0.15) is 0 Å². The predicted molar refractivity (Wildman–Crippen MR) is 128 cm³/mol. The van der Waals surface area contributed by atoms with Gasteiger partial charge in [-0.25, -0.2) is 18.1 Å². The molecule has 0 spiro atoms. The standard InChI is InChI=1S/C23H28N4O4S2/c1-15-5-6-16(2)18(11-15)13-24-33(29,30)19-12-20(26(4)14-19)22-25-17(3)21(32-22)23(28)27-7-9-31-10-8-27/h5-6,11-12,14,24H,7-10,13H2,1-4H3. The number of nitrogens with one attached hydrogen (secondary N) is 1. The molecule has 1 aromatic carbocycles. The van der Waals surface area contributed by atoms with Crippen LogP contribution in [0.2, 0.25) is 0 Å². The summed E-state index contributed by atoms with van der Waals surface area (Å²) < 4.78 is 35.7. The van der Waals surface area contributed by atoms with E-state index >= 15 is 0 Å². The number of hydrogen-bond donors (Lipinski definition) is 1. The van der Waals surface area contributed by atoms with E-state index in [4.69, 9.17) is 4.74 Å². The van der Waals surface area contributed by atoms with Gasteiger partial charge in [0.05, 0.1) is 24.6 Å². The molecule has 3 aromatic rings. The minimum absolute atomic E-state index is 0.0585. The number of sulfonamides is 1. The summed E-state index contributed by atoms with van der Waals surface area (Å²) in [5.74, 6) is -0.0585. The highest BCUT2D eigenvalue weighted by atomic mass is 32.2. The quantitative estimate of drug-likeness (QED) is 0.576. The Labute approximate surface area is 198 Å².